The van der Waals surface area contributed by atoms with E-state index in [9.17, 15) is 9.50 Å². The Morgan fingerprint density at radius 2 is 2.21 bits per heavy atom. The molecule has 1 aromatic carbocycles. The molecule has 2 N–H and O–H groups in total. The van der Waals surface area contributed by atoms with Crippen LogP contribution in [0.2, 0.25) is 0 Å². The van der Waals surface area contributed by atoms with E-state index in [0.29, 0.717) is 28.9 Å². The Balaban J connectivity index is 1.77. The van der Waals surface area contributed by atoms with Crippen LogP contribution in [0, 0.1) is 12.7 Å². The summed E-state index contributed by atoms with van der Waals surface area (Å²) in [5, 5.41) is 21.5. The van der Waals surface area contributed by atoms with E-state index in [0.717, 1.165) is 38.5 Å². The van der Waals surface area contributed by atoms with Crippen molar-refractivity contribution in [2.75, 3.05) is 25.0 Å². The van der Waals surface area contributed by atoms with Crippen LogP contribution in [0.4, 0.5) is 10.3 Å². The van der Waals surface area contributed by atoms with Crippen LogP contribution in [0.1, 0.15) is 25.5 Å². The lowest BCUT2D eigenvalue weighted by atomic mass is 10.1. The molecule has 1 aliphatic rings. The first-order valence-corrected chi connectivity index (χ1v) is 8.26. The molecule has 0 saturated carbocycles. The van der Waals surface area contributed by atoms with Gasteiger partial charge in [0.15, 0.2) is 0 Å². The maximum atomic E-state index is 13.1. The van der Waals surface area contributed by atoms with Gasteiger partial charge in [-0.1, -0.05) is 6.92 Å². The van der Waals surface area contributed by atoms with E-state index in [4.69, 9.17) is 0 Å². The van der Waals surface area contributed by atoms with Crippen molar-refractivity contribution >= 4 is 5.95 Å². The van der Waals surface area contributed by atoms with Crippen LogP contribution in [-0.4, -0.2) is 50.9 Å². The number of aromatic hydroxyl groups is 1. The van der Waals surface area contributed by atoms with Crippen molar-refractivity contribution in [2.24, 2.45) is 0 Å². The van der Waals surface area contributed by atoms with E-state index in [1.54, 1.807) is 6.92 Å². The number of hydrogen-bond acceptors (Lipinski definition) is 6. The normalized spacial score (nSPS) is 18.5. The second-order valence-electron chi connectivity index (χ2n) is 6.11. The molecule has 0 bridgehead atoms. The number of piperidine rings is 1. The molecule has 0 unspecified atom stereocenters. The monoisotopic (exact) mass is 331 g/mol. The first kappa shape index (κ1) is 16.6. The van der Waals surface area contributed by atoms with Gasteiger partial charge in [-0.05, 0) is 45.0 Å². The number of aromatic nitrogens is 3. The number of rotatable bonds is 4. The van der Waals surface area contributed by atoms with Crippen molar-refractivity contribution in [3.63, 3.8) is 0 Å². The quantitative estimate of drug-likeness (QED) is 0.897. The molecular formula is C17H22FN5O. The molecule has 0 radical (unpaired) electrons. The molecule has 1 aromatic heterocycles. The number of nitrogens with zero attached hydrogens (tertiary/aromatic N) is 4. The molecule has 1 atom stereocenters. The van der Waals surface area contributed by atoms with Crippen LogP contribution in [0.25, 0.3) is 11.3 Å². The Kier molecular flexibility index (Phi) is 4.89. The number of aryl methyl sites for hydroxylation is 1. The molecule has 24 heavy (non-hydrogen) atoms. The highest BCUT2D eigenvalue weighted by Gasteiger charge is 2.20. The molecule has 3 rings (SSSR count). The summed E-state index contributed by atoms with van der Waals surface area (Å²) < 4.78 is 13.1. The Hall–Kier alpha value is -2.28. The van der Waals surface area contributed by atoms with Gasteiger partial charge in [-0.15, -0.1) is 10.2 Å². The Labute approximate surface area is 140 Å². The van der Waals surface area contributed by atoms with Gasteiger partial charge in [0.1, 0.15) is 17.3 Å². The maximum absolute atomic E-state index is 13.1. The number of phenolic OH excluding ortho intramolecular Hbond substituents is 1. The van der Waals surface area contributed by atoms with Gasteiger partial charge in [-0.25, -0.2) is 9.37 Å². The summed E-state index contributed by atoms with van der Waals surface area (Å²) >= 11 is 0. The van der Waals surface area contributed by atoms with Crippen molar-refractivity contribution in [2.45, 2.75) is 32.7 Å². The lowest BCUT2D eigenvalue weighted by molar-refractivity contribution is 0.226. The summed E-state index contributed by atoms with van der Waals surface area (Å²) in [5.41, 5.74) is 1.52. The van der Waals surface area contributed by atoms with E-state index in [1.165, 1.54) is 12.1 Å². The molecule has 0 aliphatic carbocycles. The summed E-state index contributed by atoms with van der Waals surface area (Å²) in [6, 6.07) is 4.13. The third kappa shape index (κ3) is 3.62. The van der Waals surface area contributed by atoms with Crippen LogP contribution < -0.4 is 5.32 Å². The van der Waals surface area contributed by atoms with E-state index in [2.05, 4.69) is 32.3 Å². The molecule has 1 saturated heterocycles. The smallest absolute Gasteiger partial charge is 0.243 e. The number of anilines is 1. The van der Waals surface area contributed by atoms with Crippen molar-refractivity contribution in [1.82, 2.24) is 20.1 Å². The second kappa shape index (κ2) is 7.09. The molecule has 128 valence electrons. The van der Waals surface area contributed by atoms with Gasteiger partial charge in [0.05, 0.1) is 5.69 Å². The SMILES string of the molecule is CCN1CCC[C@@H](Nc2nnc(-c3ccc(F)cc3O)c(C)n2)C1. The Bertz CT molecular complexity index is 724. The number of likely N-dealkylation sites (tertiary alicyclic amines) is 1. The Morgan fingerprint density at radius 3 is 2.92 bits per heavy atom. The first-order chi connectivity index (χ1) is 11.6. The third-order valence-electron chi connectivity index (χ3n) is 4.36. The molecule has 1 aliphatic heterocycles. The van der Waals surface area contributed by atoms with E-state index in [1.807, 2.05) is 0 Å². The van der Waals surface area contributed by atoms with Crippen LogP contribution in [0.15, 0.2) is 18.2 Å². The largest absolute Gasteiger partial charge is 0.507 e. The summed E-state index contributed by atoms with van der Waals surface area (Å²) in [7, 11) is 0. The zero-order valence-corrected chi connectivity index (χ0v) is 14.0. The fraction of sp³-hybridized carbons (Fsp3) is 0.471. The molecule has 0 amide bonds. The predicted molar refractivity (Wildman–Crippen MR) is 90.4 cm³/mol. The highest BCUT2D eigenvalue weighted by atomic mass is 19.1. The van der Waals surface area contributed by atoms with E-state index < -0.39 is 5.82 Å². The second-order valence-corrected chi connectivity index (χ2v) is 6.11. The topological polar surface area (TPSA) is 74.2 Å². The Morgan fingerprint density at radius 1 is 1.38 bits per heavy atom. The minimum absolute atomic E-state index is 0.166. The van der Waals surface area contributed by atoms with Crippen LogP contribution in [-0.2, 0) is 0 Å². The van der Waals surface area contributed by atoms with Crippen LogP contribution >= 0.6 is 0 Å². The number of halogens is 1. The van der Waals surface area contributed by atoms with Crippen LogP contribution in [0.5, 0.6) is 5.75 Å². The zero-order chi connectivity index (χ0) is 17.1. The molecular weight excluding hydrogens is 309 g/mol. The van der Waals surface area contributed by atoms with Crippen molar-refractivity contribution in [1.29, 1.82) is 0 Å². The number of hydrogen-bond donors (Lipinski definition) is 2. The average molecular weight is 331 g/mol. The molecule has 2 heterocycles. The summed E-state index contributed by atoms with van der Waals surface area (Å²) in [6.07, 6.45) is 2.23. The van der Waals surface area contributed by atoms with Gasteiger partial charge >= 0.3 is 0 Å². The minimum Gasteiger partial charge on any atom is -0.507 e. The fourth-order valence-electron chi connectivity index (χ4n) is 3.06. The predicted octanol–water partition coefficient (Wildman–Crippen LogP) is 2.59. The molecule has 0 spiro atoms. The molecule has 6 nitrogen and oxygen atoms in total. The van der Waals surface area contributed by atoms with Crippen molar-refractivity contribution in [3.05, 3.63) is 29.7 Å². The lowest BCUT2D eigenvalue weighted by Crippen LogP contribution is -2.42. The van der Waals surface area contributed by atoms with E-state index >= 15 is 0 Å². The van der Waals surface area contributed by atoms with E-state index in [-0.39, 0.29) is 5.75 Å². The third-order valence-corrected chi connectivity index (χ3v) is 4.36. The molecule has 1 fully saturated rings. The standard InChI is InChI=1S/C17H22FN5O/c1-3-23-8-4-5-13(10-23)20-17-19-11(2)16(21-22-17)14-7-6-12(18)9-15(14)24/h6-7,9,13,24H,3-5,8,10H2,1-2H3,(H,19,20,22)/t13-/m1/s1. The first-order valence-electron chi connectivity index (χ1n) is 8.26. The average Bonchev–Trinajstić information content (AvgIpc) is 2.56. The highest BCUT2D eigenvalue weighted by Crippen LogP contribution is 2.29. The summed E-state index contributed by atoms with van der Waals surface area (Å²) in [4.78, 5) is 6.85. The van der Waals surface area contributed by atoms with Gasteiger partial charge < -0.3 is 15.3 Å². The number of likely N-dealkylation sites (N-methyl/N-ethyl adjacent to an activating group) is 1. The van der Waals surface area contributed by atoms with Gasteiger partial charge in [-0.2, -0.15) is 0 Å². The summed E-state index contributed by atoms with van der Waals surface area (Å²) in [6.45, 7) is 7.11. The number of phenols is 1. The molecule has 7 heteroatoms. The van der Waals surface area contributed by atoms with Crippen molar-refractivity contribution < 1.29 is 9.50 Å². The van der Waals surface area contributed by atoms with Gasteiger partial charge in [0, 0.05) is 24.2 Å². The van der Waals surface area contributed by atoms with Gasteiger partial charge in [-0.3, -0.25) is 0 Å². The molecule has 2 aromatic rings. The van der Waals surface area contributed by atoms with Crippen molar-refractivity contribution in [3.8, 4) is 17.0 Å². The van der Waals surface area contributed by atoms with Gasteiger partial charge in [0.25, 0.3) is 0 Å². The number of benzene rings is 1. The number of nitrogens with one attached hydrogen (secondary N) is 1. The lowest BCUT2D eigenvalue weighted by Gasteiger charge is -2.32. The van der Waals surface area contributed by atoms with Crippen LogP contribution in [0.3, 0.4) is 0 Å². The zero-order valence-electron chi connectivity index (χ0n) is 14.0. The minimum atomic E-state index is -0.495. The highest BCUT2D eigenvalue weighted by molar-refractivity contribution is 5.68. The fourth-order valence-corrected chi connectivity index (χ4v) is 3.06. The van der Waals surface area contributed by atoms with Gasteiger partial charge in [0.2, 0.25) is 5.95 Å². The maximum Gasteiger partial charge on any atom is 0.243 e. The summed E-state index contributed by atoms with van der Waals surface area (Å²) in [5.74, 6) is -0.174.